The molecular weight excluding hydrogens is 316 g/mol. The van der Waals surface area contributed by atoms with Gasteiger partial charge >= 0.3 is 0 Å². The van der Waals surface area contributed by atoms with Gasteiger partial charge in [-0.25, -0.2) is 0 Å². The van der Waals surface area contributed by atoms with Gasteiger partial charge in [0.05, 0.1) is 11.1 Å². The molecule has 5 heteroatoms. The number of nitrogens with zero attached hydrogens (tertiary/aromatic N) is 1. The number of amides is 3. The second-order valence-corrected chi connectivity index (χ2v) is 7.05. The van der Waals surface area contributed by atoms with Crippen molar-refractivity contribution in [1.82, 2.24) is 10.2 Å². The first kappa shape index (κ1) is 16.9. The predicted molar refractivity (Wildman–Crippen MR) is 94.3 cm³/mol. The number of carbonyl (C=O) groups is 3. The van der Waals surface area contributed by atoms with Crippen molar-refractivity contribution in [3.63, 3.8) is 0 Å². The molecule has 1 heterocycles. The van der Waals surface area contributed by atoms with Gasteiger partial charge in [-0.15, -0.1) is 0 Å². The van der Waals surface area contributed by atoms with E-state index in [0.717, 1.165) is 5.56 Å². The molecule has 0 radical (unpaired) electrons. The average molecular weight is 336 g/mol. The van der Waals surface area contributed by atoms with Crippen molar-refractivity contribution in [1.29, 1.82) is 0 Å². The van der Waals surface area contributed by atoms with Crippen molar-refractivity contribution in [2.45, 2.75) is 32.9 Å². The first-order chi connectivity index (χ1) is 11.8. The Hall–Kier alpha value is -2.95. The zero-order valence-corrected chi connectivity index (χ0v) is 14.5. The van der Waals surface area contributed by atoms with Crippen molar-refractivity contribution >= 4 is 17.7 Å². The fourth-order valence-corrected chi connectivity index (χ4v) is 2.87. The molecule has 3 rings (SSSR count). The van der Waals surface area contributed by atoms with Crippen molar-refractivity contribution in [3.8, 4) is 0 Å². The Kier molecular flexibility index (Phi) is 4.17. The van der Waals surface area contributed by atoms with Crippen molar-refractivity contribution in [3.05, 3.63) is 70.8 Å². The van der Waals surface area contributed by atoms with E-state index in [0.29, 0.717) is 17.7 Å². The minimum atomic E-state index is -0.608. The van der Waals surface area contributed by atoms with Crippen LogP contribution in [-0.2, 0) is 6.54 Å². The maximum atomic E-state index is 12.6. The van der Waals surface area contributed by atoms with Gasteiger partial charge in [-0.2, -0.15) is 0 Å². The summed E-state index contributed by atoms with van der Waals surface area (Å²) in [6.07, 6.45) is 0. The average Bonchev–Trinajstić information content (AvgIpc) is 2.84. The molecule has 0 fully saturated rings. The fourth-order valence-electron chi connectivity index (χ4n) is 2.87. The van der Waals surface area contributed by atoms with Crippen LogP contribution in [0.15, 0.2) is 48.5 Å². The Balaban J connectivity index is 1.81. The molecule has 0 saturated heterocycles. The number of benzene rings is 2. The Morgan fingerprint density at radius 2 is 1.60 bits per heavy atom. The molecule has 0 atom stereocenters. The first-order valence-electron chi connectivity index (χ1n) is 8.14. The van der Waals surface area contributed by atoms with Crippen molar-refractivity contribution in [2.24, 2.45) is 0 Å². The molecule has 1 aliphatic rings. The quantitative estimate of drug-likeness (QED) is 0.876. The van der Waals surface area contributed by atoms with E-state index >= 15 is 0 Å². The molecule has 128 valence electrons. The van der Waals surface area contributed by atoms with E-state index in [1.54, 1.807) is 12.1 Å². The van der Waals surface area contributed by atoms with Crippen LogP contribution in [0.25, 0.3) is 0 Å². The molecule has 25 heavy (non-hydrogen) atoms. The van der Waals surface area contributed by atoms with E-state index in [9.17, 15) is 14.4 Å². The van der Waals surface area contributed by atoms with Gasteiger partial charge < -0.3 is 5.32 Å². The SMILES string of the molecule is CC(C)(C)N1C(=O)c2ccc(C(=O)NCc3ccccc3)cc2C1=O. The van der Waals surface area contributed by atoms with E-state index in [2.05, 4.69) is 5.32 Å². The second-order valence-electron chi connectivity index (χ2n) is 7.05. The summed E-state index contributed by atoms with van der Waals surface area (Å²) in [6, 6.07) is 14.2. The molecule has 0 spiro atoms. The van der Waals surface area contributed by atoms with Crippen LogP contribution in [0.4, 0.5) is 0 Å². The maximum Gasteiger partial charge on any atom is 0.262 e. The van der Waals surface area contributed by atoms with Gasteiger partial charge in [-0.1, -0.05) is 30.3 Å². The van der Waals surface area contributed by atoms with Gasteiger partial charge in [0.2, 0.25) is 0 Å². The largest absolute Gasteiger partial charge is 0.348 e. The molecule has 2 aromatic rings. The van der Waals surface area contributed by atoms with Crippen LogP contribution in [0.5, 0.6) is 0 Å². The summed E-state index contributed by atoms with van der Waals surface area (Å²) in [7, 11) is 0. The lowest BCUT2D eigenvalue weighted by atomic mass is 10.1. The van der Waals surface area contributed by atoms with E-state index in [1.807, 2.05) is 51.1 Å². The minimum absolute atomic E-state index is 0.277. The molecule has 1 N–H and O–H groups in total. The molecule has 5 nitrogen and oxygen atoms in total. The Bertz CT molecular complexity index is 851. The highest BCUT2D eigenvalue weighted by Gasteiger charge is 2.42. The van der Waals surface area contributed by atoms with E-state index in [-0.39, 0.29) is 23.3 Å². The maximum absolute atomic E-state index is 12.6. The summed E-state index contributed by atoms with van der Waals surface area (Å²) < 4.78 is 0. The van der Waals surface area contributed by atoms with Crippen LogP contribution in [0.2, 0.25) is 0 Å². The summed E-state index contributed by atoms with van der Waals surface area (Å²) in [4.78, 5) is 38.6. The number of carbonyl (C=O) groups excluding carboxylic acids is 3. The third-order valence-corrected chi connectivity index (χ3v) is 4.12. The lowest BCUT2D eigenvalue weighted by molar-refractivity contribution is 0.0507. The Morgan fingerprint density at radius 3 is 2.24 bits per heavy atom. The zero-order chi connectivity index (χ0) is 18.2. The second kappa shape index (κ2) is 6.16. The highest BCUT2D eigenvalue weighted by molar-refractivity contribution is 6.22. The van der Waals surface area contributed by atoms with Gasteiger partial charge in [0, 0.05) is 17.6 Å². The smallest absolute Gasteiger partial charge is 0.262 e. The van der Waals surface area contributed by atoms with Crippen LogP contribution >= 0.6 is 0 Å². The van der Waals surface area contributed by atoms with Gasteiger partial charge in [0.25, 0.3) is 17.7 Å². The molecule has 0 aromatic heterocycles. The number of imide groups is 1. The lowest BCUT2D eigenvalue weighted by Gasteiger charge is -2.29. The van der Waals surface area contributed by atoms with Gasteiger partial charge in [0.15, 0.2) is 0 Å². The normalized spacial score (nSPS) is 13.8. The third-order valence-electron chi connectivity index (χ3n) is 4.12. The highest BCUT2D eigenvalue weighted by Crippen LogP contribution is 2.29. The number of fused-ring (bicyclic) bond motifs is 1. The van der Waals surface area contributed by atoms with Crippen LogP contribution in [0, 0.1) is 0 Å². The monoisotopic (exact) mass is 336 g/mol. The predicted octanol–water partition coefficient (Wildman–Crippen LogP) is 3.01. The van der Waals surface area contributed by atoms with Crippen molar-refractivity contribution < 1.29 is 14.4 Å². The number of nitrogens with one attached hydrogen (secondary N) is 1. The number of hydrogen-bond acceptors (Lipinski definition) is 3. The van der Waals surface area contributed by atoms with E-state index < -0.39 is 5.54 Å². The molecule has 0 bridgehead atoms. The molecule has 1 aliphatic heterocycles. The fraction of sp³-hybridized carbons (Fsp3) is 0.250. The highest BCUT2D eigenvalue weighted by atomic mass is 16.2. The molecule has 3 amide bonds. The van der Waals surface area contributed by atoms with Crippen LogP contribution in [0.3, 0.4) is 0 Å². The van der Waals surface area contributed by atoms with Crippen molar-refractivity contribution in [2.75, 3.05) is 0 Å². The Labute approximate surface area is 146 Å². The summed E-state index contributed by atoms with van der Waals surface area (Å²) in [5.74, 6) is -0.949. The molecule has 0 aliphatic carbocycles. The van der Waals surface area contributed by atoms with Gasteiger partial charge in [-0.05, 0) is 44.5 Å². The number of rotatable bonds is 3. The lowest BCUT2D eigenvalue weighted by Crippen LogP contribution is -2.45. The van der Waals surface area contributed by atoms with Gasteiger partial charge in [-0.3, -0.25) is 19.3 Å². The zero-order valence-electron chi connectivity index (χ0n) is 14.5. The molecule has 2 aromatic carbocycles. The Morgan fingerprint density at radius 1 is 0.960 bits per heavy atom. The van der Waals surface area contributed by atoms with Crippen LogP contribution < -0.4 is 5.32 Å². The van der Waals surface area contributed by atoms with Crippen LogP contribution in [0.1, 0.15) is 57.4 Å². The molecule has 0 unspecified atom stereocenters. The standard InChI is InChI=1S/C20H20N2O3/c1-20(2,3)22-18(24)15-10-9-14(11-16(15)19(22)25)17(23)21-12-13-7-5-4-6-8-13/h4-11H,12H2,1-3H3,(H,21,23). The van der Waals surface area contributed by atoms with E-state index in [1.165, 1.54) is 11.0 Å². The number of hydrogen-bond donors (Lipinski definition) is 1. The minimum Gasteiger partial charge on any atom is -0.348 e. The topological polar surface area (TPSA) is 66.5 Å². The summed E-state index contributed by atoms with van der Waals surface area (Å²) in [6.45, 7) is 5.82. The summed E-state index contributed by atoms with van der Waals surface area (Å²) >= 11 is 0. The summed E-state index contributed by atoms with van der Waals surface area (Å²) in [5.41, 5.74) is 1.38. The third kappa shape index (κ3) is 3.18. The molecule has 0 saturated carbocycles. The summed E-state index contributed by atoms with van der Waals surface area (Å²) in [5, 5.41) is 2.83. The van der Waals surface area contributed by atoms with E-state index in [4.69, 9.17) is 0 Å². The van der Waals surface area contributed by atoms with Crippen LogP contribution in [-0.4, -0.2) is 28.2 Å². The van der Waals surface area contributed by atoms with Gasteiger partial charge in [0.1, 0.15) is 0 Å². The molecular formula is C20H20N2O3. The first-order valence-corrected chi connectivity index (χ1v) is 8.14.